The van der Waals surface area contributed by atoms with Crippen LogP contribution in [-0.2, 0) is 17.6 Å². The Morgan fingerprint density at radius 2 is 2.33 bits per heavy atom. The van der Waals surface area contributed by atoms with Gasteiger partial charge in [-0.15, -0.1) is 0 Å². The quantitative estimate of drug-likeness (QED) is 0.808. The maximum Gasteiger partial charge on any atom is 0.125 e. The van der Waals surface area contributed by atoms with Crippen molar-refractivity contribution in [2.24, 2.45) is 5.73 Å². The summed E-state index contributed by atoms with van der Waals surface area (Å²) in [5, 5.41) is 0.760. The van der Waals surface area contributed by atoms with Gasteiger partial charge in [0.15, 0.2) is 0 Å². The molecule has 2 N–H and O–H groups in total. The highest BCUT2D eigenvalue weighted by Crippen LogP contribution is 2.33. The Morgan fingerprint density at radius 1 is 1.50 bits per heavy atom. The Bertz CT molecular complexity index is 409. The molecule has 1 aromatic carbocycles. The molecule has 0 bridgehead atoms. The maximum atomic E-state index is 6.11. The minimum absolute atomic E-state index is 0.0108. The van der Waals surface area contributed by atoms with Gasteiger partial charge < -0.3 is 15.2 Å². The summed E-state index contributed by atoms with van der Waals surface area (Å²) in [6.45, 7) is 4.17. The van der Waals surface area contributed by atoms with Crippen LogP contribution in [0.3, 0.4) is 0 Å². The second-order valence-electron chi connectivity index (χ2n) is 4.69. The second-order valence-corrected chi connectivity index (χ2v) is 5.13. The van der Waals surface area contributed by atoms with Crippen LogP contribution in [-0.4, -0.2) is 25.9 Å². The second kappa shape index (κ2) is 6.41. The molecule has 4 heteroatoms. The Balaban J connectivity index is 2.00. The van der Waals surface area contributed by atoms with Crippen molar-refractivity contribution in [2.75, 3.05) is 19.8 Å². The summed E-state index contributed by atoms with van der Waals surface area (Å²) >= 11 is 6.11. The van der Waals surface area contributed by atoms with E-state index in [2.05, 4.69) is 6.92 Å². The lowest BCUT2D eigenvalue weighted by atomic mass is 10.0. The van der Waals surface area contributed by atoms with Crippen molar-refractivity contribution in [1.82, 2.24) is 0 Å². The molecule has 1 aliphatic rings. The van der Waals surface area contributed by atoms with E-state index in [1.165, 1.54) is 5.56 Å². The Labute approximate surface area is 113 Å². The molecule has 100 valence electrons. The fourth-order valence-corrected chi connectivity index (χ4v) is 2.48. The molecule has 1 heterocycles. The van der Waals surface area contributed by atoms with Gasteiger partial charge in [-0.2, -0.15) is 0 Å². The average molecular weight is 270 g/mol. The number of benzene rings is 1. The number of hydrogen-bond donors (Lipinski definition) is 1. The zero-order valence-corrected chi connectivity index (χ0v) is 11.5. The summed E-state index contributed by atoms with van der Waals surface area (Å²) in [5.74, 6) is 0.977. The summed E-state index contributed by atoms with van der Waals surface area (Å²) < 4.78 is 11.1. The number of rotatable bonds is 6. The minimum Gasteiger partial charge on any atom is -0.493 e. The van der Waals surface area contributed by atoms with Gasteiger partial charge in [0.1, 0.15) is 5.75 Å². The number of fused-ring (bicyclic) bond motifs is 1. The molecular formula is C14H20ClNO2. The van der Waals surface area contributed by atoms with Crippen LogP contribution in [0, 0.1) is 0 Å². The lowest BCUT2D eigenvalue weighted by Gasteiger charge is -2.14. The van der Waals surface area contributed by atoms with Gasteiger partial charge in [0.05, 0.1) is 13.2 Å². The number of halogens is 1. The van der Waals surface area contributed by atoms with Crippen LogP contribution in [0.25, 0.3) is 0 Å². The number of ether oxygens (including phenoxy) is 2. The molecule has 0 radical (unpaired) electrons. The van der Waals surface area contributed by atoms with Crippen LogP contribution >= 0.6 is 11.6 Å². The summed E-state index contributed by atoms with van der Waals surface area (Å²) in [6.07, 6.45) is 2.69. The summed E-state index contributed by atoms with van der Waals surface area (Å²) in [7, 11) is 0. The maximum absolute atomic E-state index is 6.11. The zero-order chi connectivity index (χ0) is 13.0. The van der Waals surface area contributed by atoms with Crippen molar-refractivity contribution in [2.45, 2.75) is 32.2 Å². The van der Waals surface area contributed by atoms with Crippen molar-refractivity contribution in [3.8, 4) is 5.75 Å². The van der Waals surface area contributed by atoms with Crippen LogP contribution in [0.4, 0.5) is 0 Å². The average Bonchev–Trinajstić information content (AvgIpc) is 2.77. The van der Waals surface area contributed by atoms with Gasteiger partial charge >= 0.3 is 0 Å². The highest BCUT2D eigenvalue weighted by atomic mass is 35.5. The van der Waals surface area contributed by atoms with Gasteiger partial charge in [0.2, 0.25) is 0 Å². The first-order valence-electron chi connectivity index (χ1n) is 6.48. The Morgan fingerprint density at radius 3 is 3.11 bits per heavy atom. The molecule has 2 rings (SSSR count). The van der Waals surface area contributed by atoms with E-state index in [9.17, 15) is 0 Å². The molecule has 1 aliphatic heterocycles. The van der Waals surface area contributed by atoms with Crippen molar-refractivity contribution in [3.05, 3.63) is 28.3 Å². The summed E-state index contributed by atoms with van der Waals surface area (Å²) in [4.78, 5) is 0. The van der Waals surface area contributed by atoms with Crippen LogP contribution in [0.15, 0.2) is 12.1 Å². The van der Waals surface area contributed by atoms with E-state index in [0.29, 0.717) is 6.61 Å². The Hall–Kier alpha value is -0.770. The van der Waals surface area contributed by atoms with E-state index in [1.807, 2.05) is 12.1 Å². The first-order chi connectivity index (χ1) is 8.70. The third-order valence-electron chi connectivity index (χ3n) is 2.99. The van der Waals surface area contributed by atoms with Crippen LogP contribution in [0.1, 0.15) is 24.5 Å². The van der Waals surface area contributed by atoms with Gasteiger partial charge in [-0.05, 0) is 36.1 Å². The smallest absolute Gasteiger partial charge is 0.125 e. The zero-order valence-electron chi connectivity index (χ0n) is 10.7. The molecule has 1 aromatic rings. The SMILES string of the molecule is CCCOCC(N)Cc1cc(Cl)cc2c1OCC2. The monoisotopic (exact) mass is 269 g/mol. The van der Waals surface area contributed by atoms with Gasteiger partial charge in [-0.25, -0.2) is 0 Å². The van der Waals surface area contributed by atoms with E-state index in [1.54, 1.807) is 0 Å². The van der Waals surface area contributed by atoms with Crippen LogP contribution < -0.4 is 10.5 Å². The van der Waals surface area contributed by atoms with E-state index in [-0.39, 0.29) is 6.04 Å². The molecule has 0 aromatic heterocycles. The molecule has 0 aliphatic carbocycles. The first-order valence-corrected chi connectivity index (χ1v) is 6.86. The van der Waals surface area contributed by atoms with E-state index in [0.717, 1.165) is 48.8 Å². The lowest BCUT2D eigenvalue weighted by molar-refractivity contribution is 0.121. The Kier molecular flexibility index (Phi) is 4.87. The van der Waals surface area contributed by atoms with Crippen LogP contribution in [0.2, 0.25) is 5.02 Å². The first kappa shape index (κ1) is 13.7. The number of nitrogens with two attached hydrogens (primary N) is 1. The largest absolute Gasteiger partial charge is 0.493 e. The van der Waals surface area contributed by atoms with Crippen LogP contribution in [0.5, 0.6) is 5.75 Å². The normalized spacial score (nSPS) is 15.3. The summed E-state index contributed by atoms with van der Waals surface area (Å²) in [6, 6.07) is 3.92. The molecule has 0 fully saturated rings. The van der Waals surface area contributed by atoms with Crippen molar-refractivity contribution >= 4 is 11.6 Å². The van der Waals surface area contributed by atoms with Gasteiger partial charge in [-0.3, -0.25) is 0 Å². The summed E-state index contributed by atoms with van der Waals surface area (Å²) in [5.41, 5.74) is 8.36. The van der Waals surface area contributed by atoms with Gasteiger partial charge in [0.25, 0.3) is 0 Å². The molecule has 1 unspecified atom stereocenters. The molecule has 18 heavy (non-hydrogen) atoms. The van der Waals surface area contributed by atoms with E-state index < -0.39 is 0 Å². The predicted octanol–water partition coefficient (Wildman–Crippen LogP) is 2.57. The van der Waals surface area contributed by atoms with Gasteiger partial charge in [-0.1, -0.05) is 18.5 Å². The number of hydrogen-bond acceptors (Lipinski definition) is 3. The molecule has 1 atom stereocenters. The van der Waals surface area contributed by atoms with Gasteiger partial charge in [0, 0.05) is 24.1 Å². The van der Waals surface area contributed by atoms with Crippen molar-refractivity contribution in [3.63, 3.8) is 0 Å². The minimum atomic E-state index is -0.0108. The van der Waals surface area contributed by atoms with Crippen molar-refractivity contribution in [1.29, 1.82) is 0 Å². The molecule has 0 amide bonds. The standard InChI is InChI=1S/C14H20ClNO2/c1-2-4-17-9-13(16)8-11-7-12(15)6-10-3-5-18-14(10)11/h6-7,13H,2-5,8-9,16H2,1H3. The van der Waals surface area contributed by atoms with E-state index in [4.69, 9.17) is 26.8 Å². The fraction of sp³-hybridized carbons (Fsp3) is 0.571. The fourth-order valence-electron chi connectivity index (χ4n) is 2.22. The third kappa shape index (κ3) is 3.37. The van der Waals surface area contributed by atoms with E-state index >= 15 is 0 Å². The molecule has 0 spiro atoms. The molecule has 0 saturated carbocycles. The predicted molar refractivity (Wildman–Crippen MR) is 73.4 cm³/mol. The highest BCUT2D eigenvalue weighted by Gasteiger charge is 2.19. The lowest BCUT2D eigenvalue weighted by Crippen LogP contribution is -2.29. The highest BCUT2D eigenvalue weighted by molar-refractivity contribution is 6.30. The third-order valence-corrected chi connectivity index (χ3v) is 3.21. The molecule has 3 nitrogen and oxygen atoms in total. The van der Waals surface area contributed by atoms with Crippen molar-refractivity contribution < 1.29 is 9.47 Å². The topological polar surface area (TPSA) is 44.5 Å². The molecule has 0 saturated heterocycles. The molecular weight excluding hydrogens is 250 g/mol.